The van der Waals surface area contributed by atoms with E-state index in [9.17, 15) is 0 Å². The summed E-state index contributed by atoms with van der Waals surface area (Å²) in [6, 6.07) is 45.0. The summed E-state index contributed by atoms with van der Waals surface area (Å²) in [6.07, 6.45) is 3.46. The van der Waals surface area contributed by atoms with Gasteiger partial charge in [-0.2, -0.15) is 0 Å². The maximum Gasteiger partial charge on any atom is 0.235 e. The first kappa shape index (κ1) is 23.0. The zero-order valence-corrected chi connectivity index (χ0v) is 22.5. The molecule has 0 unspecified atom stereocenters. The van der Waals surface area contributed by atoms with E-state index in [4.69, 9.17) is 14.4 Å². The van der Waals surface area contributed by atoms with Gasteiger partial charge in [-0.15, -0.1) is 0 Å². The summed E-state index contributed by atoms with van der Waals surface area (Å²) in [5.74, 6) is 0.621. The lowest BCUT2D eigenvalue weighted by atomic mass is 9.96. The van der Waals surface area contributed by atoms with Gasteiger partial charge in [0.25, 0.3) is 0 Å². The van der Waals surface area contributed by atoms with Crippen molar-refractivity contribution in [3.05, 3.63) is 140 Å². The first-order valence-electron chi connectivity index (χ1n) is 14.1. The third-order valence-corrected chi connectivity index (χ3v) is 8.33. The Labute approximate surface area is 241 Å². The molecule has 196 valence electrons. The number of nitrogens with zero attached hydrogens (tertiary/aromatic N) is 3. The molecule has 4 heteroatoms. The average Bonchev–Trinajstić information content (AvgIpc) is 3.67. The number of furan rings is 1. The Balaban J connectivity index is 1.31. The molecule has 9 rings (SSSR count). The van der Waals surface area contributed by atoms with Crippen molar-refractivity contribution in [2.75, 3.05) is 0 Å². The molecule has 0 spiro atoms. The van der Waals surface area contributed by atoms with Crippen LogP contribution < -0.4 is 0 Å². The highest BCUT2D eigenvalue weighted by Gasteiger charge is 2.19. The lowest BCUT2D eigenvalue weighted by Gasteiger charge is -2.12. The maximum absolute atomic E-state index is 5.69. The predicted molar refractivity (Wildman–Crippen MR) is 172 cm³/mol. The van der Waals surface area contributed by atoms with Gasteiger partial charge in [0.15, 0.2) is 0 Å². The van der Waals surface area contributed by atoms with Gasteiger partial charge in [0.05, 0.1) is 22.1 Å². The van der Waals surface area contributed by atoms with Gasteiger partial charge in [0.2, 0.25) is 5.95 Å². The Bertz CT molecular complexity index is 2480. The van der Waals surface area contributed by atoms with Crippen LogP contribution in [0, 0.1) is 0 Å². The number of hydrogen-bond acceptors (Lipinski definition) is 3. The van der Waals surface area contributed by atoms with Gasteiger partial charge in [-0.1, -0.05) is 109 Å². The van der Waals surface area contributed by atoms with Gasteiger partial charge >= 0.3 is 0 Å². The Hall–Kier alpha value is -5.74. The molecule has 6 aromatic carbocycles. The van der Waals surface area contributed by atoms with Crippen LogP contribution >= 0.6 is 0 Å². The van der Waals surface area contributed by atoms with Crippen LogP contribution in [0.2, 0.25) is 0 Å². The van der Waals surface area contributed by atoms with Crippen molar-refractivity contribution in [1.29, 1.82) is 0 Å². The lowest BCUT2D eigenvalue weighted by Crippen LogP contribution is -2.02. The zero-order valence-electron chi connectivity index (χ0n) is 22.5. The number of hydrogen-bond donors (Lipinski definition) is 0. The Kier molecular flexibility index (Phi) is 4.87. The topological polar surface area (TPSA) is 43.9 Å². The fourth-order valence-corrected chi connectivity index (χ4v) is 6.43. The summed E-state index contributed by atoms with van der Waals surface area (Å²) in [5, 5.41) is 8.16. The molecule has 0 radical (unpaired) electrons. The van der Waals surface area contributed by atoms with Crippen molar-refractivity contribution in [1.82, 2.24) is 14.5 Å². The molecular formula is C38H23N3O. The molecule has 3 heterocycles. The summed E-state index contributed by atoms with van der Waals surface area (Å²) in [5.41, 5.74) is 7.12. The number of aromatic nitrogens is 3. The van der Waals surface area contributed by atoms with Crippen LogP contribution in [0.3, 0.4) is 0 Å². The molecule has 0 aliphatic carbocycles. The normalized spacial score (nSPS) is 11.8. The molecule has 42 heavy (non-hydrogen) atoms. The van der Waals surface area contributed by atoms with Crippen molar-refractivity contribution < 1.29 is 4.42 Å². The van der Waals surface area contributed by atoms with E-state index in [2.05, 4.69) is 132 Å². The maximum atomic E-state index is 5.69. The summed E-state index contributed by atoms with van der Waals surface area (Å²) >= 11 is 0. The molecule has 0 N–H and O–H groups in total. The van der Waals surface area contributed by atoms with Crippen molar-refractivity contribution in [2.45, 2.75) is 0 Å². The van der Waals surface area contributed by atoms with Crippen LogP contribution in [0.25, 0.3) is 82.6 Å². The Morgan fingerprint density at radius 3 is 2.12 bits per heavy atom. The van der Waals surface area contributed by atoms with Crippen LogP contribution in [0.15, 0.2) is 144 Å². The molecule has 0 bridgehead atoms. The summed E-state index contributed by atoms with van der Waals surface area (Å²) in [7, 11) is 0. The predicted octanol–water partition coefficient (Wildman–Crippen LogP) is 9.96. The van der Waals surface area contributed by atoms with Crippen molar-refractivity contribution in [2.24, 2.45) is 0 Å². The van der Waals surface area contributed by atoms with Gasteiger partial charge < -0.3 is 4.42 Å². The quantitative estimate of drug-likeness (QED) is 0.225. The molecule has 4 nitrogen and oxygen atoms in total. The van der Waals surface area contributed by atoms with Crippen LogP contribution in [0.1, 0.15) is 0 Å². The van der Waals surface area contributed by atoms with E-state index >= 15 is 0 Å². The zero-order chi connectivity index (χ0) is 27.6. The smallest absolute Gasteiger partial charge is 0.235 e. The van der Waals surface area contributed by atoms with Crippen molar-refractivity contribution in [3.8, 4) is 28.3 Å². The standard InChI is InChI=1S/C38H23N3O/c1-3-14-28-24(9-1)11-8-17-29(28)26-12-7-13-27(21-26)37-32-22-42-23-33(32)39-38(40-37)41-34-18-6-5-16-31(34)36-30-15-4-2-10-25(30)19-20-35(36)41/h1-23H. The minimum Gasteiger partial charge on any atom is -0.470 e. The molecule has 0 saturated heterocycles. The molecule has 3 aromatic heterocycles. The van der Waals surface area contributed by atoms with Gasteiger partial charge in [-0.05, 0) is 50.9 Å². The van der Waals surface area contributed by atoms with Crippen molar-refractivity contribution in [3.63, 3.8) is 0 Å². The highest BCUT2D eigenvalue weighted by Crippen LogP contribution is 2.38. The fraction of sp³-hybridized carbons (Fsp3) is 0. The lowest BCUT2D eigenvalue weighted by molar-refractivity contribution is 0.572. The molecule has 0 aliphatic heterocycles. The van der Waals surface area contributed by atoms with E-state index in [1.807, 2.05) is 0 Å². The summed E-state index contributed by atoms with van der Waals surface area (Å²) < 4.78 is 7.87. The van der Waals surface area contributed by atoms with E-state index in [1.165, 1.54) is 37.9 Å². The number of benzene rings is 6. The van der Waals surface area contributed by atoms with Gasteiger partial charge in [-0.25, -0.2) is 9.97 Å². The van der Waals surface area contributed by atoms with Crippen LogP contribution in [-0.2, 0) is 0 Å². The number of fused-ring (bicyclic) bond motifs is 7. The third-order valence-electron chi connectivity index (χ3n) is 8.33. The van der Waals surface area contributed by atoms with E-state index in [1.54, 1.807) is 12.5 Å². The number of rotatable bonds is 3. The highest BCUT2D eigenvalue weighted by molar-refractivity contribution is 6.21. The molecule has 9 aromatic rings. The molecule has 0 saturated carbocycles. The first-order valence-corrected chi connectivity index (χ1v) is 14.1. The number of para-hydroxylation sites is 1. The second-order valence-electron chi connectivity index (χ2n) is 10.7. The van der Waals surface area contributed by atoms with Crippen LogP contribution in [0.5, 0.6) is 0 Å². The summed E-state index contributed by atoms with van der Waals surface area (Å²) in [4.78, 5) is 10.3. The van der Waals surface area contributed by atoms with Gasteiger partial charge in [0.1, 0.15) is 18.0 Å². The van der Waals surface area contributed by atoms with Crippen LogP contribution in [-0.4, -0.2) is 14.5 Å². The van der Waals surface area contributed by atoms with E-state index in [-0.39, 0.29) is 0 Å². The van der Waals surface area contributed by atoms with E-state index < -0.39 is 0 Å². The van der Waals surface area contributed by atoms with Gasteiger partial charge in [-0.3, -0.25) is 4.57 Å². The van der Waals surface area contributed by atoms with E-state index in [0.29, 0.717) is 5.95 Å². The SMILES string of the molecule is c1cc(-c2cccc3ccccc23)cc(-c2nc(-n3c4ccccc4c4c5ccccc5ccc43)nc3cocc23)c1. The fourth-order valence-electron chi connectivity index (χ4n) is 6.43. The molecule has 0 atom stereocenters. The Morgan fingerprint density at radius 2 is 1.21 bits per heavy atom. The first-order chi connectivity index (χ1) is 20.8. The van der Waals surface area contributed by atoms with Gasteiger partial charge in [0, 0.05) is 16.3 Å². The second kappa shape index (κ2) is 8.88. The highest BCUT2D eigenvalue weighted by atomic mass is 16.3. The molecule has 0 fully saturated rings. The minimum absolute atomic E-state index is 0.621. The summed E-state index contributed by atoms with van der Waals surface area (Å²) in [6.45, 7) is 0. The minimum atomic E-state index is 0.621. The third kappa shape index (κ3) is 3.36. The largest absolute Gasteiger partial charge is 0.470 e. The Morgan fingerprint density at radius 1 is 0.500 bits per heavy atom. The van der Waals surface area contributed by atoms with E-state index in [0.717, 1.165) is 38.8 Å². The molecule has 0 aliphatic rings. The molecule has 0 amide bonds. The monoisotopic (exact) mass is 537 g/mol. The van der Waals surface area contributed by atoms with Crippen molar-refractivity contribution >= 4 is 54.3 Å². The average molecular weight is 538 g/mol. The molecular weight excluding hydrogens is 514 g/mol. The second-order valence-corrected chi connectivity index (χ2v) is 10.7. The van der Waals surface area contributed by atoms with Crippen LogP contribution in [0.4, 0.5) is 0 Å².